The van der Waals surface area contributed by atoms with Gasteiger partial charge in [0.2, 0.25) is 5.91 Å². The highest BCUT2D eigenvalue weighted by Crippen LogP contribution is 2.39. The smallest absolute Gasteiger partial charge is 0.407 e. The number of nitrogens with one attached hydrogen (secondary N) is 1. The van der Waals surface area contributed by atoms with E-state index >= 15 is 0 Å². The third-order valence-corrected chi connectivity index (χ3v) is 5.82. The van der Waals surface area contributed by atoms with Gasteiger partial charge in [-0.05, 0) is 41.3 Å². The van der Waals surface area contributed by atoms with Crippen molar-refractivity contribution < 1.29 is 33.4 Å². The Labute approximate surface area is 207 Å². The van der Waals surface area contributed by atoms with Crippen LogP contribution in [0.3, 0.4) is 0 Å². The van der Waals surface area contributed by atoms with Gasteiger partial charge in [-0.1, -0.05) is 54.6 Å². The molecule has 8 nitrogen and oxygen atoms in total. The average molecular weight is 493 g/mol. The van der Waals surface area contributed by atoms with E-state index in [1.54, 1.807) is 0 Å². The summed E-state index contributed by atoms with van der Waals surface area (Å²) in [5, 5.41) is 11.5. The van der Waals surface area contributed by atoms with E-state index in [9.17, 15) is 18.8 Å². The quantitative estimate of drug-likeness (QED) is 0.497. The Bertz CT molecular complexity index is 1250. The normalized spacial score (nSPS) is 14.5. The first-order chi connectivity index (χ1) is 17.4. The summed E-state index contributed by atoms with van der Waals surface area (Å²) in [5.41, 5.74) is 2.89. The summed E-state index contributed by atoms with van der Waals surface area (Å²) in [6.07, 6.45) is -0.172. The van der Waals surface area contributed by atoms with Crippen molar-refractivity contribution in [3.63, 3.8) is 0 Å². The summed E-state index contributed by atoms with van der Waals surface area (Å²) < 4.78 is 24.9. The number of carboxylic acids is 1. The Morgan fingerprint density at radius 1 is 1.00 bits per heavy atom. The molecule has 1 unspecified atom stereocenters. The SMILES string of the molecule is O=C(O)COc1ccc(F)cc1C1c2ccccc2CCN1C(=O)CNC(=O)OCc1ccccc1. The van der Waals surface area contributed by atoms with Gasteiger partial charge >= 0.3 is 12.1 Å². The second-order valence-electron chi connectivity index (χ2n) is 8.22. The molecule has 0 radical (unpaired) electrons. The van der Waals surface area contributed by atoms with Gasteiger partial charge in [0.05, 0.1) is 6.04 Å². The molecule has 9 heteroatoms. The highest BCUT2D eigenvalue weighted by molar-refractivity contribution is 5.83. The fraction of sp³-hybridized carbons (Fsp3) is 0.222. The summed E-state index contributed by atoms with van der Waals surface area (Å²) in [5.74, 6) is -1.97. The lowest BCUT2D eigenvalue weighted by molar-refractivity contribution is -0.139. The summed E-state index contributed by atoms with van der Waals surface area (Å²) in [6.45, 7) is -0.563. The number of hydrogen-bond donors (Lipinski definition) is 2. The van der Waals surface area contributed by atoms with Crippen molar-refractivity contribution in [1.29, 1.82) is 0 Å². The van der Waals surface area contributed by atoms with Crippen molar-refractivity contribution in [3.05, 3.63) is 101 Å². The predicted octanol–water partition coefficient (Wildman–Crippen LogP) is 3.69. The first-order valence-electron chi connectivity index (χ1n) is 11.4. The maximum absolute atomic E-state index is 14.3. The minimum absolute atomic E-state index is 0.0636. The van der Waals surface area contributed by atoms with E-state index in [0.717, 1.165) is 16.7 Å². The molecule has 1 aliphatic rings. The molecule has 2 N–H and O–H groups in total. The fourth-order valence-electron chi connectivity index (χ4n) is 4.20. The van der Waals surface area contributed by atoms with Gasteiger partial charge in [0.25, 0.3) is 0 Å². The number of aliphatic carboxylic acids is 1. The number of ether oxygens (including phenoxy) is 2. The van der Waals surface area contributed by atoms with Crippen molar-refractivity contribution in [2.45, 2.75) is 19.1 Å². The third kappa shape index (κ3) is 5.99. The van der Waals surface area contributed by atoms with Crippen LogP contribution < -0.4 is 10.1 Å². The van der Waals surface area contributed by atoms with Gasteiger partial charge in [-0.2, -0.15) is 0 Å². The van der Waals surface area contributed by atoms with Crippen molar-refractivity contribution in [2.75, 3.05) is 19.7 Å². The minimum Gasteiger partial charge on any atom is -0.482 e. The van der Waals surface area contributed by atoms with Crippen LogP contribution >= 0.6 is 0 Å². The lowest BCUT2D eigenvalue weighted by Crippen LogP contribution is -2.45. The molecule has 0 bridgehead atoms. The van der Waals surface area contributed by atoms with Gasteiger partial charge in [-0.15, -0.1) is 0 Å². The van der Waals surface area contributed by atoms with Crippen LogP contribution in [0.2, 0.25) is 0 Å². The number of carbonyl (C=O) groups excluding carboxylic acids is 2. The first kappa shape index (κ1) is 24.7. The van der Waals surface area contributed by atoms with Gasteiger partial charge in [-0.3, -0.25) is 4.79 Å². The van der Waals surface area contributed by atoms with Gasteiger partial charge in [0, 0.05) is 12.1 Å². The second-order valence-corrected chi connectivity index (χ2v) is 8.22. The number of carbonyl (C=O) groups is 3. The largest absolute Gasteiger partial charge is 0.482 e. The summed E-state index contributed by atoms with van der Waals surface area (Å²) in [7, 11) is 0. The van der Waals surface area contributed by atoms with Gasteiger partial charge in [-0.25, -0.2) is 14.0 Å². The molecule has 0 fully saturated rings. The Morgan fingerprint density at radius 3 is 2.53 bits per heavy atom. The Kier molecular flexibility index (Phi) is 7.79. The molecule has 0 saturated carbocycles. The molecule has 0 aromatic heterocycles. The van der Waals surface area contributed by atoms with E-state index < -0.39 is 36.4 Å². The molecule has 1 atom stereocenters. The molecule has 186 valence electrons. The highest BCUT2D eigenvalue weighted by atomic mass is 19.1. The average Bonchev–Trinajstić information content (AvgIpc) is 2.89. The van der Waals surface area contributed by atoms with E-state index in [1.165, 1.54) is 23.1 Å². The van der Waals surface area contributed by atoms with Crippen molar-refractivity contribution in [2.24, 2.45) is 0 Å². The molecule has 1 aliphatic heterocycles. The lowest BCUT2D eigenvalue weighted by Gasteiger charge is -2.38. The van der Waals surface area contributed by atoms with Gasteiger partial charge in [0.1, 0.15) is 24.7 Å². The monoisotopic (exact) mass is 492 g/mol. The van der Waals surface area contributed by atoms with E-state index in [1.807, 2.05) is 54.6 Å². The van der Waals surface area contributed by atoms with Crippen LogP contribution in [0.1, 0.15) is 28.3 Å². The van der Waals surface area contributed by atoms with Crippen LogP contribution in [0.25, 0.3) is 0 Å². The highest BCUT2D eigenvalue weighted by Gasteiger charge is 2.34. The maximum Gasteiger partial charge on any atom is 0.407 e. The molecular weight excluding hydrogens is 467 g/mol. The van der Waals surface area contributed by atoms with Crippen LogP contribution in [0.5, 0.6) is 5.75 Å². The van der Waals surface area contributed by atoms with Crippen LogP contribution in [-0.2, 0) is 27.4 Å². The summed E-state index contributed by atoms with van der Waals surface area (Å²) in [6, 6.07) is 19.6. The van der Waals surface area contributed by atoms with Crippen molar-refractivity contribution in [1.82, 2.24) is 10.2 Å². The third-order valence-electron chi connectivity index (χ3n) is 5.82. The fourth-order valence-corrected chi connectivity index (χ4v) is 4.20. The van der Waals surface area contributed by atoms with E-state index in [4.69, 9.17) is 14.6 Å². The summed E-state index contributed by atoms with van der Waals surface area (Å²) >= 11 is 0. The predicted molar refractivity (Wildman–Crippen MR) is 128 cm³/mol. The van der Waals surface area contributed by atoms with Crippen LogP contribution in [-0.4, -0.2) is 47.7 Å². The Hall–Kier alpha value is -4.40. The van der Waals surface area contributed by atoms with Crippen molar-refractivity contribution in [3.8, 4) is 5.75 Å². The minimum atomic E-state index is -1.18. The van der Waals surface area contributed by atoms with E-state index in [0.29, 0.717) is 18.5 Å². The van der Waals surface area contributed by atoms with E-state index in [2.05, 4.69) is 5.32 Å². The number of amides is 2. The second kappa shape index (κ2) is 11.4. The standard InChI is InChI=1S/C27H25FN2O6/c28-20-10-11-23(35-17-25(32)33)22(14-20)26-21-9-5-4-8-19(21)12-13-30(26)24(31)15-29-27(34)36-16-18-6-2-1-3-7-18/h1-11,14,26H,12-13,15-17H2,(H,29,34)(H,32,33). The van der Waals surface area contributed by atoms with Crippen molar-refractivity contribution >= 4 is 18.0 Å². The van der Waals surface area contributed by atoms with E-state index in [-0.39, 0.29) is 18.9 Å². The molecule has 3 aromatic carbocycles. The molecular formula is C27H25FN2O6. The topological polar surface area (TPSA) is 105 Å². The molecule has 4 rings (SSSR count). The maximum atomic E-state index is 14.3. The number of rotatable bonds is 8. The summed E-state index contributed by atoms with van der Waals surface area (Å²) in [4.78, 5) is 38.0. The molecule has 0 aliphatic carbocycles. The molecule has 2 amide bonds. The molecule has 36 heavy (non-hydrogen) atoms. The zero-order chi connectivity index (χ0) is 25.5. The number of nitrogens with zero attached hydrogens (tertiary/aromatic N) is 1. The Balaban J connectivity index is 1.54. The molecule has 3 aromatic rings. The lowest BCUT2D eigenvalue weighted by atomic mass is 9.87. The number of alkyl carbamates (subject to hydrolysis) is 1. The molecule has 1 heterocycles. The number of fused-ring (bicyclic) bond motifs is 1. The number of halogens is 1. The number of carboxylic acid groups (broad SMARTS) is 1. The molecule has 0 saturated heterocycles. The number of benzene rings is 3. The van der Waals surface area contributed by atoms with Crippen LogP contribution in [0.4, 0.5) is 9.18 Å². The van der Waals surface area contributed by atoms with Crippen LogP contribution in [0.15, 0.2) is 72.8 Å². The zero-order valence-corrected chi connectivity index (χ0v) is 19.4. The van der Waals surface area contributed by atoms with Gasteiger partial charge < -0.3 is 24.8 Å². The molecule has 0 spiro atoms. The first-order valence-corrected chi connectivity index (χ1v) is 11.4. The van der Waals surface area contributed by atoms with Crippen LogP contribution in [0, 0.1) is 5.82 Å². The van der Waals surface area contributed by atoms with Gasteiger partial charge in [0.15, 0.2) is 6.61 Å². The number of hydrogen-bond acceptors (Lipinski definition) is 5. The zero-order valence-electron chi connectivity index (χ0n) is 19.4. The Morgan fingerprint density at radius 2 is 1.75 bits per heavy atom.